The lowest BCUT2D eigenvalue weighted by molar-refractivity contribution is -0.149. The van der Waals surface area contributed by atoms with E-state index in [1.807, 2.05) is 36.3 Å². The third kappa shape index (κ3) is 3.64. The minimum atomic E-state index is -0.483. The molecule has 2 heterocycles. The van der Waals surface area contributed by atoms with Gasteiger partial charge >= 0.3 is 0 Å². The Labute approximate surface area is 139 Å². The lowest BCUT2D eigenvalue weighted by Gasteiger charge is -2.42. The summed E-state index contributed by atoms with van der Waals surface area (Å²) in [6, 6.07) is 7.01. The van der Waals surface area contributed by atoms with Crippen LogP contribution in [0.2, 0.25) is 0 Å². The van der Waals surface area contributed by atoms with Gasteiger partial charge in [-0.2, -0.15) is 0 Å². The monoisotopic (exact) mass is 332 g/mol. The minimum Gasteiger partial charge on any atom is -0.508 e. The van der Waals surface area contributed by atoms with E-state index in [2.05, 4.69) is 4.98 Å². The summed E-state index contributed by atoms with van der Waals surface area (Å²) in [5.74, 6) is 0.368. The van der Waals surface area contributed by atoms with Crippen molar-refractivity contribution in [3.8, 4) is 10.9 Å². The van der Waals surface area contributed by atoms with Crippen molar-refractivity contribution in [3.05, 3.63) is 41.4 Å². The Morgan fingerprint density at radius 1 is 1.39 bits per heavy atom. The highest BCUT2D eigenvalue weighted by Gasteiger charge is 2.39. The average molecular weight is 332 g/mol. The lowest BCUT2D eigenvalue weighted by atomic mass is 9.83. The molecule has 23 heavy (non-hydrogen) atoms. The number of amides is 1. The Kier molecular flexibility index (Phi) is 4.26. The van der Waals surface area contributed by atoms with Crippen LogP contribution in [0.4, 0.5) is 0 Å². The second kappa shape index (κ2) is 6.20. The van der Waals surface area contributed by atoms with Crippen LogP contribution in [0.5, 0.6) is 10.9 Å². The smallest absolute Gasteiger partial charge is 0.273 e. The van der Waals surface area contributed by atoms with Gasteiger partial charge in [0.25, 0.3) is 5.19 Å². The molecular formula is C17H20N2O3S. The van der Waals surface area contributed by atoms with E-state index in [1.165, 1.54) is 11.3 Å². The zero-order valence-electron chi connectivity index (χ0n) is 13.2. The van der Waals surface area contributed by atoms with Crippen molar-refractivity contribution < 1.29 is 14.6 Å². The summed E-state index contributed by atoms with van der Waals surface area (Å²) in [7, 11) is 0. The molecule has 0 unspecified atom stereocenters. The van der Waals surface area contributed by atoms with Crippen molar-refractivity contribution in [1.82, 2.24) is 9.88 Å². The molecule has 0 bridgehead atoms. The molecule has 0 saturated carbocycles. The highest BCUT2D eigenvalue weighted by Crippen LogP contribution is 2.29. The first-order valence-corrected chi connectivity index (χ1v) is 8.45. The molecule has 0 radical (unpaired) electrons. The van der Waals surface area contributed by atoms with Gasteiger partial charge in [-0.05, 0) is 24.1 Å². The predicted molar refractivity (Wildman–Crippen MR) is 88.7 cm³/mol. The third-order valence-electron chi connectivity index (χ3n) is 3.97. The largest absolute Gasteiger partial charge is 0.508 e. The van der Waals surface area contributed by atoms with E-state index in [0.29, 0.717) is 24.7 Å². The van der Waals surface area contributed by atoms with E-state index in [9.17, 15) is 9.90 Å². The molecule has 1 N–H and O–H groups in total. The normalized spacial score (nSPS) is 15.3. The van der Waals surface area contributed by atoms with Gasteiger partial charge in [0.15, 0.2) is 0 Å². The van der Waals surface area contributed by atoms with Gasteiger partial charge in [-0.15, -0.1) is 0 Å². The molecule has 5 nitrogen and oxygen atoms in total. The quantitative estimate of drug-likeness (QED) is 0.914. The van der Waals surface area contributed by atoms with Crippen LogP contribution < -0.4 is 4.74 Å². The molecule has 0 aliphatic carbocycles. The molecule has 2 aromatic rings. The average Bonchev–Trinajstić information content (AvgIpc) is 2.97. The molecule has 1 amide bonds. The van der Waals surface area contributed by atoms with E-state index >= 15 is 0 Å². The number of aromatic nitrogens is 1. The number of rotatable bonds is 5. The van der Waals surface area contributed by atoms with E-state index in [4.69, 9.17) is 4.74 Å². The molecule has 1 saturated heterocycles. The van der Waals surface area contributed by atoms with Gasteiger partial charge < -0.3 is 14.7 Å². The summed E-state index contributed by atoms with van der Waals surface area (Å²) < 4.78 is 5.70. The summed E-state index contributed by atoms with van der Waals surface area (Å²) in [5.41, 5.74) is 0.556. The van der Waals surface area contributed by atoms with Crippen molar-refractivity contribution in [1.29, 1.82) is 0 Å². The van der Waals surface area contributed by atoms with E-state index in [-0.39, 0.29) is 17.8 Å². The van der Waals surface area contributed by atoms with Crippen LogP contribution in [0.25, 0.3) is 0 Å². The van der Waals surface area contributed by atoms with E-state index < -0.39 is 5.41 Å². The number of hydrogen-bond donors (Lipinski definition) is 1. The summed E-state index contributed by atoms with van der Waals surface area (Å²) in [4.78, 5) is 18.6. The molecule has 0 atom stereocenters. The number of likely N-dealkylation sites (tertiary alicyclic amines) is 1. The number of thiazole rings is 1. The molecule has 6 heteroatoms. The summed E-state index contributed by atoms with van der Waals surface area (Å²) in [6.45, 7) is 5.13. The number of ether oxygens (including phenoxy) is 1. The Morgan fingerprint density at radius 2 is 2.09 bits per heavy atom. The molecule has 3 rings (SSSR count). The zero-order chi connectivity index (χ0) is 16.4. The number of phenols is 1. The maximum Gasteiger partial charge on any atom is 0.273 e. The third-order valence-corrected chi connectivity index (χ3v) is 4.63. The van der Waals surface area contributed by atoms with Gasteiger partial charge in [0.05, 0.1) is 13.1 Å². The van der Waals surface area contributed by atoms with Crippen LogP contribution in [0.3, 0.4) is 0 Å². The Morgan fingerprint density at radius 3 is 2.70 bits per heavy atom. The van der Waals surface area contributed by atoms with E-state index in [0.717, 1.165) is 5.56 Å². The Bertz CT molecular complexity index is 662. The summed E-state index contributed by atoms with van der Waals surface area (Å²) in [6.07, 6.45) is 2.39. The topological polar surface area (TPSA) is 62.7 Å². The molecule has 1 aromatic heterocycles. The van der Waals surface area contributed by atoms with Crippen LogP contribution >= 0.6 is 11.3 Å². The molecule has 122 valence electrons. The molecule has 1 aliphatic heterocycles. The number of phenolic OH excluding ortho intramolecular Hbond substituents is 1. The second-order valence-electron chi connectivity index (χ2n) is 6.48. The molecule has 1 fully saturated rings. The van der Waals surface area contributed by atoms with Gasteiger partial charge in [-0.1, -0.05) is 37.3 Å². The van der Waals surface area contributed by atoms with Gasteiger partial charge in [0.2, 0.25) is 5.91 Å². The maximum absolute atomic E-state index is 12.7. The van der Waals surface area contributed by atoms with Crippen LogP contribution in [0.1, 0.15) is 19.4 Å². The minimum absolute atomic E-state index is 0.0366. The summed E-state index contributed by atoms with van der Waals surface area (Å²) in [5, 5.41) is 11.9. The van der Waals surface area contributed by atoms with Crippen LogP contribution in [-0.2, 0) is 11.2 Å². The van der Waals surface area contributed by atoms with Crippen LogP contribution in [0, 0.1) is 5.41 Å². The van der Waals surface area contributed by atoms with Gasteiger partial charge in [0, 0.05) is 17.0 Å². The maximum atomic E-state index is 12.7. The Balaban J connectivity index is 1.54. The molecule has 0 spiro atoms. The highest BCUT2D eigenvalue weighted by atomic mass is 32.1. The predicted octanol–water partition coefficient (Wildman–Crippen LogP) is 2.71. The number of aromatic hydroxyl groups is 1. The standard InChI is InChI=1S/C17H20N2O3S/c1-17(2,9-12-3-5-13(20)6-4-12)15(21)19-10-14(11-19)22-16-18-7-8-23-16/h3-8,14,20H,9-11H2,1-2H3. The number of nitrogens with zero attached hydrogens (tertiary/aromatic N) is 2. The SMILES string of the molecule is CC(C)(Cc1ccc(O)cc1)C(=O)N1CC(Oc2nccs2)C1. The number of benzene rings is 1. The lowest BCUT2D eigenvalue weighted by Crippen LogP contribution is -2.59. The fraction of sp³-hybridized carbons (Fsp3) is 0.412. The van der Waals surface area contributed by atoms with Crippen LogP contribution in [-0.4, -0.2) is 40.1 Å². The highest BCUT2D eigenvalue weighted by molar-refractivity contribution is 7.11. The van der Waals surface area contributed by atoms with Crippen LogP contribution in [0.15, 0.2) is 35.8 Å². The van der Waals surface area contributed by atoms with Gasteiger partial charge in [0.1, 0.15) is 11.9 Å². The number of hydrogen-bond acceptors (Lipinski definition) is 5. The molecule has 1 aromatic carbocycles. The fourth-order valence-corrected chi connectivity index (χ4v) is 3.27. The zero-order valence-corrected chi connectivity index (χ0v) is 14.0. The molecule has 1 aliphatic rings. The number of carbonyl (C=O) groups excluding carboxylic acids is 1. The fourth-order valence-electron chi connectivity index (χ4n) is 2.72. The second-order valence-corrected chi connectivity index (χ2v) is 7.33. The van der Waals surface area contributed by atoms with Crippen molar-refractivity contribution in [3.63, 3.8) is 0 Å². The molecular weight excluding hydrogens is 312 g/mol. The van der Waals surface area contributed by atoms with Crippen molar-refractivity contribution in [2.24, 2.45) is 5.41 Å². The van der Waals surface area contributed by atoms with Crippen molar-refractivity contribution >= 4 is 17.2 Å². The summed E-state index contributed by atoms with van der Waals surface area (Å²) >= 11 is 1.46. The van der Waals surface area contributed by atoms with Gasteiger partial charge in [-0.3, -0.25) is 4.79 Å². The van der Waals surface area contributed by atoms with Crippen molar-refractivity contribution in [2.45, 2.75) is 26.4 Å². The first kappa shape index (κ1) is 15.8. The first-order chi connectivity index (χ1) is 10.9. The first-order valence-electron chi connectivity index (χ1n) is 7.57. The van der Waals surface area contributed by atoms with Crippen molar-refractivity contribution in [2.75, 3.05) is 13.1 Å². The number of carbonyl (C=O) groups is 1. The van der Waals surface area contributed by atoms with Gasteiger partial charge in [-0.25, -0.2) is 4.98 Å². The van der Waals surface area contributed by atoms with E-state index in [1.54, 1.807) is 18.3 Å². The Hall–Kier alpha value is -2.08.